The van der Waals surface area contributed by atoms with Gasteiger partial charge in [0.15, 0.2) is 0 Å². The van der Waals surface area contributed by atoms with Crippen LogP contribution in [0.3, 0.4) is 0 Å². The topological polar surface area (TPSA) is 79.0 Å². The average Bonchev–Trinajstić information content (AvgIpc) is 3.09. The fourth-order valence-electron chi connectivity index (χ4n) is 4.09. The van der Waals surface area contributed by atoms with E-state index in [1.54, 1.807) is 38.4 Å². The molecule has 0 unspecified atom stereocenters. The van der Waals surface area contributed by atoms with E-state index in [0.29, 0.717) is 17.0 Å². The van der Waals surface area contributed by atoms with Crippen molar-refractivity contribution in [2.24, 2.45) is 0 Å². The molecule has 1 atom stereocenters. The number of likely N-dealkylation sites (N-methyl/N-ethyl adjacent to an activating group) is 1. The van der Waals surface area contributed by atoms with E-state index in [1.807, 2.05) is 24.3 Å². The molecule has 7 nitrogen and oxygen atoms in total. The van der Waals surface area contributed by atoms with Gasteiger partial charge < -0.3 is 15.0 Å². The summed E-state index contributed by atoms with van der Waals surface area (Å²) >= 11 is 0. The van der Waals surface area contributed by atoms with Crippen LogP contribution in [-0.2, 0) is 16.1 Å². The van der Waals surface area contributed by atoms with Crippen LogP contribution in [0.15, 0.2) is 48.5 Å². The number of amides is 3. The van der Waals surface area contributed by atoms with Gasteiger partial charge in [-0.05, 0) is 18.2 Å². The summed E-state index contributed by atoms with van der Waals surface area (Å²) in [6.07, 6.45) is 0.453. The molecule has 2 aromatic carbocycles. The van der Waals surface area contributed by atoms with E-state index in [2.05, 4.69) is 5.32 Å². The van der Waals surface area contributed by atoms with Gasteiger partial charge in [-0.15, -0.1) is 0 Å². The van der Waals surface area contributed by atoms with Crippen molar-refractivity contribution in [3.05, 3.63) is 59.7 Å². The lowest BCUT2D eigenvalue weighted by atomic mass is 9.96. The molecule has 0 saturated carbocycles. The largest absolute Gasteiger partial charge is 0.496 e. The molecule has 2 aliphatic heterocycles. The summed E-state index contributed by atoms with van der Waals surface area (Å²) in [5, 5.41) is 2.90. The van der Waals surface area contributed by atoms with Crippen molar-refractivity contribution < 1.29 is 19.1 Å². The van der Waals surface area contributed by atoms with Gasteiger partial charge in [0.1, 0.15) is 5.75 Å². The summed E-state index contributed by atoms with van der Waals surface area (Å²) in [5.74, 6) is -0.152. The van der Waals surface area contributed by atoms with Crippen molar-refractivity contribution >= 4 is 23.4 Å². The minimum atomic E-state index is -1.36. The summed E-state index contributed by atoms with van der Waals surface area (Å²) in [5.41, 5.74) is 0.370. The molecule has 0 aromatic heterocycles. The van der Waals surface area contributed by atoms with Gasteiger partial charge in [-0.3, -0.25) is 19.3 Å². The standard InChI is InChI=1S/C21H21N3O4/c1-23-19(26)15-8-4-5-9-16(15)24-18(25)11-12-21(23,24)20(27)22-13-14-7-3-6-10-17(14)28-2/h3-10H,11-13H2,1-2H3,(H,22,27)/t21-/m1/s1. The Morgan fingerprint density at radius 3 is 2.64 bits per heavy atom. The first-order valence-corrected chi connectivity index (χ1v) is 9.11. The number of hydrogen-bond donors (Lipinski definition) is 1. The maximum absolute atomic E-state index is 13.3. The first-order valence-electron chi connectivity index (χ1n) is 9.11. The fraction of sp³-hybridized carbons (Fsp3) is 0.286. The number of carbonyl (C=O) groups is 3. The smallest absolute Gasteiger partial charge is 0.267 e. The first kappa shape index (κ1) is 18.0. The first-order chi connectivity index (χ1) is 13.5. The Morgan fingerprint density at radius 1 is 1.14 bits per heavy atom. The number of nitrogens with one attached hydrogen (secondary N) is 1. The SMILES string of the molecule is COc1ccccc1CNC(=O)[C@@]12CCC(=O)N1c1ccccc1C(=O)N2C. The Bertz CT molecular complexity index is 974. The molecule has 1 N–H and O–H groups in total. The molecule has 1 fully saturated rings. The molecule has 0 spiro atoms. The van der Waals surface area contributed by atoms with E-state index in [4.69, 9.17) is 4.74 Å². The highest BCUT2D eigenvalue weighted by molar-refractivity contribution is 6.16. The molecule has 3 amide bonds. The van der Waals surface area contributed by atoms with Crippen LogP contribution in [0, 0.1) is 0 Å². The summed E-state index contributed by atoms with van der Waals surface area (Å²) in [7, 11) is 3.15. The second kappa shape index (κ2) is 6.67. The summed E-state index contributed by atoms with van der Waals surface area (Å²) < 4.78 is 5.33. The number of rotatable bonds is 4. The molecule has 4 rings (SSSR count). The van der Waals surface area contributed by atoms with Gasteiger partial charge in [-0.1, -0.05) is 30.3 Å². The Balaban J connectivity index is 1.70. The van der Waals surface area contributed by atoms with E-state index < -0.39 is 5.66 Å². The van der Waals surface area contributed by atoms with Gasteiger partial charge in [0.2, 0.25) is 11.6 Å². The van der Waals surface area contributed by atoms with E-state index >= 15 is 0 Å². The maximum Gasteiger partial charge on any atom is 0.267 e. The lowest BCUT2D eigenvalue weighted by Gasteiger charge is -2.47. The fourth-order valence-corrected chi connectivity index (χ4v) is 4.09. The van der Waals surface area contributed by atoms with Crippen LogP contribution in [0.5, 0.6) is 5.75 Å². The molecule has 0 bridgehead atoms. The highest BCUT2D eigenvalue weighted by Crippen LogP contribution is 2.43. The third-order valence-electron chi connectivity index (χ3n) is 5.54. The number of hydrogen-bond acceptors (Lipinski definition) is 4. The molecule has 2 heterocycles. The molecule has 7 heteroatoms. The number of benzene rings is 2. The lowest BCUT2D eigenvalue weighted by Crippen LogP contribution is -2.69. The number of methoxy groups -OCH3 is 1. The molecule has 0 aliphatic carbocycles. The molecule has 28 heavy (non-hydrogen) atoms. The Kier molecular flexibility index (Phi) is 4.30. The molecule has 2 aliphatic rings. The Labute approximate surface area is 162 Å². The third kappa shape index (κ3) is 2.46. The van der Waals surface area contributed by atoms with Crippen LogP contribution in [0.2, 0.25) is 0 Å². The number of fused-ring (bicyclic) bond motifs is 3. The predicted molar refractivity (Wildman–Crippen MR) is 103 cm³/mol. The monoisotopic (exact) mass is 379 g/mol. The van der Waals surface area contributed by atoms with Crippen LogP contribution < -0.4 is 15.0 Å². The van der Waals surface area contributed by atoms with E-state index in [0.717, 1.165) is 5.56 Å². The van der Waals surface area contributed by atoms with Gasteiger partial charge in [0.25, 0.3) is 11.8 Å². The van der Waals surface area contributed by atoms with Gasteiger partial charge >= 0.3 is 0 Å². The highest BCUT2D eigenvalue weighted by Gasteiger charge is 2.59. The van der Waals surface area contributed by atoms with Gasteiger partial charge in [0.05, 0.1) is 18.4 Å². The molecule has 144 valence electrons. The predicted octanol–water partition coefficient (Wildman–Crippen LogP) is 1.92. The quantitative estimate of drug-likeness (QED) is 0.880. The summed E-state index contributed by atoms with van der Waals surface area (Å²) in [6, 6.07) is 14.3. The van der Waals surface area contributed by atoms with Crippen LogP contribution in [0.25, 0.3) is 0 Å². The van der Waals surface area contributed by atoms with Crippen molar-refractivity contribution in [2.45, 2.75) is 25.0 Å². The van der Waals surface area contributed by atoms with Crippen molar-refractivity contribution in [3.8, 4) is 5.75 Å². The minimum Gasteiger partial charge on any atom is -0.496 e. The maximum atomic E-state index is 13.3. The van der Waals surface area contributed by atoms with E-state index in [-0.39, 0.29) is 37.1 Å². The normalized spacial score (nSPS) is 20.6. The summed E-state index contributed by atoms with van der Waals surface area (Å²) in [4.78, 5) is 41.8. The zero-order valence-electron chi connectivity index (χ0n) is 15.8. The van der Waals surface area contributed by atoms with E-state index in [9.17, 15) is 14.4 Å². The number of ether oxygens (including phenoxy) is 1. The second-order valence-corrected chi connectivity index (χ2v) is 6.92. The zero-order chi connectivity index (χ0) is 19.9. The number of anilines is 1. The van der Waals surface area contributed by atoms with Crippen molar-refractivity contribution in [2.75, 3.05) is 19.1 Å². The Hall–Kier alpha value is -3.35. The molecule has 1 saturated heterocycles. The molecular weight excluding hydrogens is 358 g/mol. The Morgan fingerprint density at radius 2 is 1.86 bits per heavy atom. The van der Waals surface area contributed by atoms with Gasteiger partial charge in [-0.2, -0.15) is 0 Å². The minimum absolute atomic E-state index is 0.167. The lowest BCUT2D eigenvalue weighted by molar-refractivity contribution is -0.133. The van der Waals surface area contributed by atoms with Crippen LogP contribution in [0.1, 0.15) is 28.8 Å². The summed E-state index contributed by atoms with van der Waals surface area (Å²) in [6.45, 7) is 0.232. The van der Waals surface area contributed by atoms with Crippen LogP contribution in [-0.4, -0.2) is 42.4 Å². The van der Waals surface area contributed by atoms with Gasteiger partial charge in [0, 0.05) is 32.0 Å². The molecule has 2 aromatic rings. The molecule has 0 radical (unpaired) electrons. The van der Waals surface area contributed by atoms with Crippen molar-refractivity contribution in [3.63, 3.8) is 0 Å². The van der Waals surface area contributed by atoms with Crippen LogP contribution in [0.4, 0.5) is 5.69 Å². The van der Waals surface area contributed by atoms with Crippen molar-refractivity contribution in [1.29, 1.82) is 0 Å². The highest BCUT2D eigenvalue weighted by atomic mass is 16.5. The van der Waals surface area contributed by atoms with E-state index in [1.165, 1.54) is 9.80 Å². The van der Waals surface area contributed by atoms with Crippen LogP contribution >= 0.6 is 0 Å². The third-order valence-corrected chi connectivity index (χ3v) is 5.54. The van der Waals surface area contributed by atoms with Crippen molar-refractivity contribution in [1.82, 2.24) is 10.2 Å². The van der Waals surface area contributed by atoms with Gasteiger partial charge in [-0.25, -0.2) is 0 Å². The molecular formula is C21H21N3O4. The zero-order valence-corrected chi connectivity index (χ0v) is 15.8. The average molecular weight is 379 g/mol. The number of para-hydroxylation sites is 2. The second-order valence-electron chi connectivity index (χ2n) is 6.92. The number of nitrogens with zero attached hydrogens (tertiary/aromatic N) is 2. The number of carbonyl (C=O) groups excluding carboxylic acids is 3.